The van der Waals surface area contributed by atoms with Crippen LogP contribution in [0.3, 0.4) is 0 Å². The van der Waals surface area contributed by atoms with E-state index in [0.717, 1.165) is 11.1 Å². The lowest BCUT2D eigenvalue weighted by Gasteiger charge is -2.11. The molecule has 3 N–H and O–H groups in total. The number of anilines is 1. The zero-order chi connectivity index (χ0) is 17.5. The summed E-state index contributed by atoms with van der Waals surface area (Å²) in [6.07, 6.45) is 0. The van der Waals surface area contributed by atoms with Crippen molar-refractivity contribution in [3.63, 3.8) is 0 Å². The van der Waals surface area contributed by atoms with Crippen molar-refractivity contribution in [3.05, 3.63) is 65.0 Å². The van der Waals surface area contributed by atoms with Crippen LogP contribution in [0.2, 0.25) is 0 Å². The van der Waals surface area contributed by atoms with E-state index in [1.54, 1.807) is 30.3 Å². The van der Waals surface area contributed by atoms with Crippen LogP contribution in [-0.2, 0) is 6.54 Å². The number of aryl methyl sites for hydroxylation is 1. The van der Waals surface area contributed by atoms with E-state index < -0.39 is 0 Å². The molecule has 5 nitrogen and oxygen atoms in total. The molecule has 0 spiro atoms. The van der Waals surface area contributed by atoms with Gasteiger partial charge in [-0.25, -0.2) is 9.18 Å². The maximum atomic E-state index is 12.8. The molecule has 0 radical (unpaired) electrons. The van der Waals surface area contributed by atoms with Crippen LogP contribution in [0.4, 0.5) is 14.9 Å². The number of urea groups is 1. The van der Waals surface area contributed by atoms with Gasteiger partial charge in [0.2, 0.25) is 0 Å². The summed E-state index contributed by atoms with van der Waals surface area (Å²) in [4.78, 5) is 23.7. The number of benzene rings is 2. The number of hydrogen-bond donors (Lipinski definition) is 3. The third-order valence-corrected chi connectivity index (χ3v) is 3.44. The van der Waals surface area contributed by atoms with Crippen molar-refractivity contribution in [2.24, 2.45) is 0 Å². The fourth-order valence-electron chi connectivity index (χ4n) is 2.16. The topological polar surface area (TPSA) is 70.2 Å². The summed E-state index contributed by atoms with van der Waals surface area (Å²) < 4.78 is 12.8. The number of carbonyl (C=O) groups excluding carboxylic acids is 2. The molecule has 126 valence electrons. The summed E-state index contributed by atoms with van der Waals surface area (Å²) in [6.45, 7) is 4.52. The Labute approximate surface area is 140 Å². The smallest absolute Gasteiger partial charge is 0.319 e. The van der Waals surface area contributed by atoms with Gasteiger partial charge < -0.3 is 16.0 Å². The van der Waals surface area contributed by atoms with E-state index in [0.29, 0.717) is 24.3 Å². The lowest BCUT2D eigenvalue weighted by atomic mass is 10.1. The second-order valence-corrected chi connectivity index (χ2v) is 5.32. The second-order valence-electron chi connectivity index (χ2n) is 5.32. The Morgan fingerprint density at radius 2 is 1.75 bits per heavy atom. The summed E-state index contributed by atoms with van der Waals surface area (Å²) >= 11 is 0. The predicted octanol–water partition coefficient (Wildman–Crippen LogP) is 3.21. The maximum Gasteiger partial charge on any atom is 0.319 e. The Kier molecular flexibility index (Phi) is 5.89. The van der Waals surface area contributed by atoms with E-state index in [1.165, 1.54) is 12.1 Å². The Morgan fingerprint density at radius 1 is 1.04 bits per heavy atom. The summed E-state index contributed by atoms with van der Waals surface area (Å²) in [5, 5.41) is 8.16. The summed E-state index contributed by atoms with van der Waals surface area (Å²) in [6, 6.07) is 10.6. The minimum Gasteiger partial charge on any atom is -0.352 e. The van der Waals surface area contributed by atoms with Crippen molar-refractivity contribution in [2.45, 2.75) is 20.4 Å². The third-order valence-electron chi connectivity index (χ3n) is 3.44. The number of halogens is 1. The molecule has 0 heterocycles. The highest BCUT2D eigenvalue weighted by Crippen LogP contribution is 2.16. The van der Waals surface area contributed by atoms with Crippen LogP contribution in [0.1, 0.15) is 28.4 Å². The Hall–Kier alpha value is -2.89. The van der Waals surface area contributed by atoms with Crippen LogP contribution in [0.5, 0.6) is 0 Å². The Bertz CT molecular complexity index is 730. The van der Waals surface area contributed by atoms with Crippen molar-refractivity contribution in [1.29, 1.82) is 0 Å². The molecule has 2 rings (SSSR count). The molecule has 0 atom stereocenters. The van der Waals surface area contributed by atoms with E-state index in [9.17, 15) is 14.0 Å². The molecule has 0 aliphatic heterocycles. The average Bonchev–Trinajstić information content (AvgIpc) is 2.56. The molecule has 0 aliphatic rings. The molecule has 0 aliphatic carbocycles. The average molecular weight is 329 g/mol. The molecule has 6 heteroatoms. The van der Waals surface area contributed by atoms with Gasteiger partial charge in [0.25, 0.3) is 5.91 Å². The van der Waals surface area contributed by atoms with Crippen molar-refractivity contribution in [3.8, 4) is 0 Å². The van der Waals surface area contributed by atoms with E-state index in [2.05, 4.69) is 16.0 Å². The van der Waals surface area contributed by atoms with Crippen molar-refractivity contribution >= 4 is 17.6 Å². The lowest BCUT2D eigenvalue weighted by molar-refractivity contribution is 0.0955. The third kappa shape index (κ3) is 4.81. The first-order chi connectivity index (χ1) is 11.5. The van der Waals surface area contributed by atoms with Gasteiger partial charge in [-0.05, 0) is 55.3 Å². The van der Waals surface area contributed by atoms with E-state index in [4.69, 9.17) is 0 Å². The van der Waals surface area contributed by atoms with E-state index in [-0.39, 0.29) is 17.8 Å². The van der Waals surface area contributed by atoms with Crippen molar-refractivity contribution in [2.75, 3.05) is 11.9 Å². The first-order valence-corrected chi connectivity index (χ1v) is 7.67. The number of rotatable bonds is 5. The zero-order valence-corrected chi connectivity index (χ0v) is 13.7. The molecule has 0 bridgehead atoms. The van der Waals surface area contributed by atoms with Crippen LogP contribution < -0.4 is 16.0 Å². The molecule has 0 unspecified atom stereocenters. The highest BCUT2D eigenvalue weighted by atomic mass is 19.1. The molecule has 24 heavy (non-hydrogen) atoms. The van der Waals surface area contributed by atoms with E-state index in [1.807, 2.05) is 13.8 Å². The maximum absolute atomic E-state index is 12.8. The Morgan fingerprint density at radius 3 is 2.38 bits per heavy atom. The van der Waals surface area contributed by atoms with Crippen LogP contribution >= 0.6 is 0 Å². The molecular formula is C18H20FN3O2. The van der Waals surface area contributed by atoms with Crippen LogP contribution in [-0.4, -0.2) is 18.5 Å². The summed E-state index contributed by atoms with van der Waals surface area (Å²) in [5.74, 6) is -0.459. The van der Waals surface area contributed by atoms with Gasteiger partial charge in [0, 0.05) is 24.3 Å². The lowest BCUT2D eigenvalue weighted by Crippen LogP contribution is -2.28. The molecule has 0 saturated heterocycles. The first kappa shape index (κ1) is 17.5. The van der Waals surface area contributed by atoms with Gasteiger partial charge in [-0.3, -0.25) is 4.79 Å². The van der Waals surface area contributed by atoms with Gasteiger partial charge in [-0.2, -0.15) is 0 Å². The molecule has 0 saturated carbocycles. The van der Waals surface area contributed by atoms with Crippen LogP contribution in [0.25, 0.3) is 0 Å². The first-order valence-electron chi connectivity index (χ1n) is 7.67. The standard InChI is InChI=1S/C18H20FN3O2/c1-3-20-17(23)14-6-9-16(12(2)10-14)22-18(24)21-11-13-4-7-15(19)8-5-13/h4-10H,3,11H2,1-2H3,(H,20,23)(H2,21,22,24). The summed E-state index contributed by atoms with van der Waals surface area (Å²) in [7, 11) is 0. The minimum atomic E-state index is -0.367. The summed E-state index contributed by atoms with van der Waals surface area (Å²) in [5.41, 5.74) is 2.76. The molecular weight excluding hydrogens is 309 g/mol. The van der Waals surface area contributed by atoms with Gasteiger partial charge in [-0.15, -0.1) is 0 Å². The zero-order valence-electron chi connectivity index (χ0n) is 13.7. The fraction of sp³-hybridized carbons (Fsp3) is 0.222. The van der Waals surface area contributed by atoms with Gasteiger partial charge in [0.05, 0.1) is 0 Å². The highest BCUT2D eigenvalue weighted by Gasteiger charge is 2.09. The number of hydrogen-bond acceptors (Lipinski definition) is 2. The fourth-order valence-corrected chi connectivity index (χ4v) is 2.16. The highest BCUT2D eigenvalue weighted by molar-refractivity contribution is 5.96. The SMILES string of the molecule is CCNC(=O)c1ccc(NC(=O)NCc2ccc(F)cc2)c(C)c1. The second kappa shape index (κ2) is 8.10. The molecule has 2 aromatic rings. The molecule has 2 aromatic carbocycles. The number of nitrogens with one attached hydrogen (secondary N) is 3. The number of amides is 3. The minimum absolute atomic E-state index is 0.145. The van der Waals surface area contributed by atoms with Crippen LogP contribution in [0.15, 0.2) is 42.5 Å². The molecule has 0 fully saturated rings. The molecule has 3 amide bonds. The van der Waals surface area contributed by atoms with Crippen LogP contribution in [0, 0.1) is 12.7 Å². The van der Waals surface area contributed by atoms with Crippen molar-refractivity contribution < 1.29 is 14.0 Å². The Balaban J connectivity index is 1.93. The normalized spacial score (nSPS) is 10.1. The van der Waals surface area contributed by atoms with Gasteiger partial charge in [0.15, 0.2) is 0 Å². The van der Waals surface area contributed by atoms with Gasteiger partial charge in [0.1, 0.15) is 5.82 Å². The van der Waals surface area contributed by atoms with Gasteiger partial charge >= 0.3 is 6.03 Å². The van der Waals surface area contributed by atoms with Crippen molar-refractivity contribution in [1.82, 2.24) is 10.6 Å². The quantitative estimate of drug-likeness (QED) is 0.788. The largest absolute Gasteiger partial charge is 0.352 e. The number of carbonyl (C=O) groups is 2. The molecule has 0 aromatic heterocycles. The van der Waals surface area contributed by atoms with E-state index >= 15 is 0 Å². The van der Waals surface area contributed by atoms with Gasteiger partial charge in [-0.1, -0.05) is 12.1 Å². The predicted molar refractivity (Wildman–Crippen MR) is 91.4 cm³/mol. The monoisotopic (exact) mass is 329 g/mol.